The smallest absolute Gasteiger partial charge is 0.251 e. The van der Waals surface area contributed by atoms with Crippen molar-refractivity contribution in [2.24, 2.45) is 5.92 Å². The van der Waals surface area contributed by atoms with E-state index in [1.807, 2.05) is 0 Å². The highest BCUT2D eigenvalue weighted by Gasteiger charge is 2.39. The number of aryl methyl sites for hydroxylation is 1. The highest BCUT2D eigenvalue weighted by molar-refractivity contribution is 6.00. The number of carbonyl (C=O) groups is 3. The number of carbonyl (C=O) groups excluding carboxylic acids is 3. The number of rotatable bonds is 3. The third kappa shape index (κ3) is 3.99. The summed E-state index contributed by atoms with van der Waals surface area (Å²) in [4.78, 5) is 42.6. The minimum absolute atomic E-state index is 0.00617. The van der Waals surface area contributed by atoms with Crippen molar-refractivity contribution < 1.29 is 23.5 Å². The van der Waals surface area contributed by atoms with E-state index in [4.69, 9.17) is 4.74 Å². The maximum atomic E-state index is 14.3. The predicted octanol–water partition coefficient (Wildman–Crippen LogP) is 1.34. The SMILES string of the molecule is Cc1ccc(N2CC(C(=O)N3CCN(C(=O)C4CCCO4)CC3)CC2=O)c(F)c1. The molecule has 0 N–H and O–H groups in total. The molecule has 0 radical (unpaired) electrons. The zero-order chi connectivity index (χ0) is 20.5. The Morgan fingerprint density at radius 3 is 2.41 bits per heavy atom. The molecule has 0 bridgehead atoms. The van der Waals surface area contributed by atoms with Gasteiger partial charge in [-0.2, -0.15) is 0 Å². The molecule has 8 heteroatoms. The van der Waals surface area contributed by atoms with Crippen molar-refractivity contribution in [2.75, 3.05) is 44.2 Å². The topological polar surface area (TPSA) is 70.2 Å². The first-order valence-electron chi connectivity index (χ1n) is 10.2. The van der Waals surface area contributed by atoms with E-state index < -0.39 is 11.7 Å². The molecule has 3 aliphatic rings. The van der Waals surface area contributed by atoms with Crippen LogP contribution in [0.4, 0.5) is 10.1 Å². The third-order valence-corrected chi connectivity index (χ3v) is 5.98. The van der Waals surface area contributed by atoms with E-state index >= 15 is 0 Å². The van der Waals surface area contributed by atoms with E-state index in [0.29, 0.717) is 32.8 Å². The minimum atomic E-state index is -0.483. The zero-order valence-corrected chi connectivity index (χ0v) is 16.6. The molecule has 0 aliphatic carbocycles. The summed E-state index contributed by atoms with van der Waals surface area (Å²) < 4.78 is 19.7. The maximum Gasteiger partial charge on any atom is 0.251 e. The van der Waals surface area contributed by atoms with Crippen LogP contribution in [0.25, 0.3) is 0 Å². The average molecular weight is 403 g/mol. The molecule has 2 unspecified atom stereocenters. The van der Waals surface area contributed by atoms with Crippen molar-refractivity contribution in [2.45, 2.75) is 32.3 Å². The molecule has 3 heterocycles. The molecule has 3 amide bonds. The summed E-state index contributed by atoms with van der Waals surface area (Å²) >= 11 is 0. The van der Waals surface area contributed by atoms with Crippen LogP contribution in [0, 0.1) is 18.7 Å². The summed E-state index contributed by atoms with van der Waals surface area (Å²) in [6.45, 7) is 4.44. The maximum absolute atomic E-state index is 14.3. The second-order valence-electron chi connectivity index (χ2n) is 8.01. The Bertz CT molecular complexity index is 816. The first-order valence-corrected chi connectivity index (χ1v) is 10.2. The van der Waals surface area contributed by atoms with Gasteiger partial charge in [0, 0.05) is 45.8 Å². The van der Waals surface area contributed by atoms with Crippen LogP contribution in [0.2, 0.25) is 0 Å². The van der Waals surface area contributed by atoms with Gasteiger partial charge in [0.05, 0.1) is 11.6 Å². The van der Waals surface area contributed by atoms with Gasteiger partial charge in [-0.15, -0.1) is 0 Å². The largest absolute Gasteiger partial charge is 0.368 e. The second kappa shape index (κ2) is 8.10. The summed E-state index contributed by atoms with van der Waals surface area (Å²) in [5.41, 5.74) is 1.00. The standard InChI is InChI=1S/C21H26FN3O4/c1-14-4-5-17(16(22)11-14)25-13-15(12-19(25)26)20(27)23-6-8-24(9-7-23)21(28)18-3-2-10-29-18/h4-5,11,15,18H,2-3,6-10,12-13H2,1H3. The van der Waals surface area contributed by atoms with Crippen molar-refractivity contribution >= 4 is 23.4 Å². The summed E-state index contributed by atoms with van der Waals surface area (Å²) in [5.74, 6) is -1.26. The number of anilines is 1. The molecule has 1 aromatic carbocycles. The van der Waals surface area contributed by atoms with Crippen LogP contribution in [0.3, 0.4) is 0 Å². The van der Waals surface area contributed by atoms with Crippen LogP contribution in [0.15, 0.2) is 18.2 Å². The number of halogens is 1. The van der Waals surface area contributed by atoms with Gasteiger partial charge in [-0.05, 0) is 37.5 Å². The predicted molar refractivity (Wildman–Crippen MR) is 104 cm³/mol. The summed E-state index contributed by atoms with van der Waals surface area (Å²) in [7, 11) is 0. The van der Waals surface area contributed by atoms with Gasteiger partial charge in [0.1, 0.15) is 11.9 Å². The Morgan fingerprint density at radius 2 is 1.79 bits per heavy atom. The summed E-state index contributed by atoms with van der Waals surface area (Å²) in [6.07, 6.45) is 1.40. The molecular weight excluding hydrogens is 377 g/mol. The average Bonchev–Trinajstić information content (AvgIpc) is 3.37. The summed E-state index contributed by atoms with van der Waals surface area (Å²) in [6, 6.07) is 4.73. The molecule has 3 fully saturated rings. The Hall–Kier alpha value is -2.48. The molecule has 3 aliphatic heterocycles. The molecule has 156 valence electrons. The minimum Gasteiger partial charge on any atom is -0.368 e. The first-order chi connectivity index (χ1) is 13.9. The Kier molecular flexibility index (Phi) is 5.54. The fraction of sp³-hybridized carbons (Fsp3) is 0.571. The van der Waals surface area contributed by atoms with Gasteiger partial charge in [-0.25, -0.2) is 4.39 Å². The van der Waals surface area contributed by atoms with E-state index in [-0.39, 0.29) is 42.5 Å². The van der Waals surface area contributed by atoms with Crippen LogP contribution in [-0.4, -0.2) is 73.0 Å². The second-order valence-corrected chi connectivity index (χ2v) is 8.01. The van der Waals surface area contributed by atoms with Crippen molar-refractivity contribution in [3.8, 4) is 0 Å². The molecule has 7 nitrogen and oxygen atoms in total. The fourth-order valence-corrected chi connectivity index (χ4v) is 4.32. The lowest BCUT2D eigenvalue weighted by molar-refractivity contribution is -0.147. The van der Waals surface area contributed by atoms with Gasteiger partial charge in [0.25, 0.3) is 5.91 Å². The van der Waals surface area contributed by atoms with Crippen LogP contribution < -0.4 is 4.90 Å². The van der Waals surface area contributed by atoms with Gasteiger partial charge in [0.2, 0.25) is 11.8 Å². The van der Waals surface area contributed by atoms with Crippen LogP contribution >= 0.6 is 0 Å². The lowest BCUT2D eigenvalue weighted by Crippen LogP contribution is -2.54. The van der Waals surface area contributed by atoms with Gasteiger partial charge in [-0.3, -0.25) is 14.4 Å². The molecule has 2 atom stereocenters. The Labute approximate surface area is 169 Å². The van der Waals surface area contributed by atoms with Crippen molar-refractivity contribution in [3.05, 3.63) is 29.6 Å². The number of benzene rings is 1. The number of piperazine rings is 1. The van der Waals surface area contributed by atoms with E-state index in [0.717, 1.165) is 18.4 Å². The van der Waals surface area contributed by atoms with Crippen LogP contribution in [-0.2, 0) is 19.1 Å². The fourth-order valence-electron chi connectivity index (χ4n) is 4.32. The van der Waals surface area contributed by atoms with Crippen LogP contribution in [0.1, 0.15) is 24.8 Å². The lowest BCUT2D eigenvalue weighted by Gasteiger charge is -2.36. The Morgan fingerprint density at radius 1 is 1.10 bits per heavy atom. The van der Waals surface area contributed by atoms with Gasteiger partial charge in [0.15, 0.2) is 0 Å². The van der Waals surface area contributed by atoms with Crippen LogP contribution in [0.5, 0.6) is 0 Å². The first kappa shape index (κ1) is 19.8. The molecule has 0 saturated carbocycles. The van der Waals surface area contributed by atoms with Gasteiger partial charge >= 0.3 is 0 Å². The summed E-state index contributed by atoms with van der Waals surface area (Å²) in [5, 5.41) is 0. The zero-order valence-electron chi connectivity index (χ0n) is 16.6. The normalized spacial score (nSPS) is 25.0. The van der Waals surface area contributed by atoms with Crippen molar-refractivity contribution in [1.82, 2.24) is 9.80 Å². The third-order valence-electron chi connectivity index (χ3n) is 5.98. The quantitative estimate of drug-likeness (QED) is 0.764. The number of ether oxygens (including phenoxy) is 1. The highest BCUT2D eigenvalue weighted by Crippen LogP contribution is 2.29. The van der Waals surface area contributed by atoms with E-state index in [1.54, 1.807) is 28.9 Å². The van der Waals surface area contributed by atoms with Gasteiger partial charge < -0.3 is 19.4 Å². The number of hydrogen-bond acceptors (Lipinski definition) is 4. The molecule has 4 rings (SSSR count). The van der Waals surface area contributed by atoms with Crippen molar-refractivity contribution in [1.29, 1.82) is 0 Å². The van der Waals surface area contributed by atoms with E-state index in [9.17, 15) is 18.8 Å². The van der Waals surface area contributed by atoms with E-state index in [2.05, 4.69) is 0 Å². The monoisotopic (exact) mass is 403 g/mol. The van der Waals surface area contributed by atoms with E-state index in [1.165, 1.54) is 11.0 Å². The molecule has 29 heavy (non-hydrogen) atoms. The number of nitrogens with zero attached hydrogens (tertiary/aromatic N) is 3. The van der Waals surface area contributed by atoms with Gasteiger partial charge in [-0.1, -0.05) is 6.07 Å². The molecular formula is C21H26FN3O4. The number of hydrogen-bond donors (Lipinski definition) is 0. The molecule has 0 aromatic heterocycles. The molecule has 3 saturated heterocycles. The molecule has 1 aromatic rings. The molecule has 0 spiro atoms. The highest BCUT2D eigenvalue weighted by atomic mass is 19.1. The Balaban J connectivity index is 1.34. The number of amides is 3. The lowest BCUT2D eigenvalue weighted by atomic mass is 10.1. The van der Waals surface area contributed by atoms with Crippen molar-refractivity contribution in [3.63, 3.8) is 0 Å².